The molecule has 3 aliphatic rings. The van der Waals surface area contributed by atoms with E-state index in [9.17, 15) is 9.59 Å². The molecule has 3 saturated heterocycles. The molecule has 25 heavy (non-hydrogen) atoms. The zero-order valence-electron chi connectivity index (χ0n) is 16.2. The van der Waals surface area contributed by atoms with E-state index in [0.29, 0.717) is 30.7 Å². The van der Waals surface area contributed by atoms with Gasteiger partial charge in [0.2, 0.25) is 11.8 Å². The Morgan fingerprint density at radius 2 is 1.84 bits per heavy atom. The summed E-state index contributed by atoms with van der Waals surface area (Å²) in [5, 5.41) is 0. The van der Waals surface area contributed by atoms with Gasteiger partial charge in [-0.05, 0) is 45.7 Å². The highest BCUT2D eigenvalue weighted by molar-refractivity contribution is 5.78. The fourth-order valence-corrected chi connectivity index (χ4v) is 4.68. The van der Waals surface area contributed by atoms with E-state index in [1.807, 2.05) is 4.90 Å². The second-order valence-corrected chi connectivity index (χ2v) is 8.39. The van der Waals surface area contributed by atoms with Crippen LogP contribution in [0.15, 0.2) is 0 Å². The molecule has 3 aliphatic heterocycles. The van der Waals surface area contributed by atoms with Crippen LogP contribution < -0.4 is 0 Å². The minimum absolute atomic E-state index is 0.253. The molecule has 0 bridgehead atoms. The van der Waals surface area contributed by atoms with Gasteiger partial charge in [-0.15, -0.1) is 0 Å². The van der Waals surface area contributed by atoms with Gasteiger partial charge in [-0.2, -0.15) is 0 Å². The molecule has 0 radical (unpaired) electrons. The molecular weight excluding hydrogens is 316 g/mol. The Morgan fingerprint density at radius 1 is 1.12 bits per heavy atom. The van der Waals surface area contributed by atoms with E-state index >= 15 is 0 Å². The number of nitrogens with zero attached hydrogens (tertiary/aromatic N) is 4. The zero-order valence-corrected chi connectivity index (χ0v) is 16.2. The summed E-state index contributed by atoms with van der Waals surface area (Å²) in [6.45, 7) is 8.58. The van der Waals surface area contributed by atoms with Gasteiger partial charge in [-0.3, -0.25) is 9.59 Å². The number of hydrogen-bond donors (Lipinski definition) is 0. The third-order valence-electron chi connectivity index (χ3n) is 6.70. The summed E-state index contributed by atoms with van der Waals surface area (Å²) in [7, 11) is 4.27. The van der Waals surface area contributed by atoms with Crippen LogP contribution in [0.2, 0.25) is 0 Å². The fraction of sp³-hybridized carbons (Fsp3) is 0.895. The molecule has 0 aromatic rings. The smallest absolute Gasteiger partial charge is 0.224 e. The Morgan fingerprint density at radius 3 is 2.52 bits per heavy atom. The van der Waals surface area contributed by atoms with Crippen LogP contribution in [0.5, 0.6) is 0 Å². The van der Waals surface area contributed by atoms with Crippen LogP contribution in [0.25, 0.3) is 0 Å². The van der Waals surface area contributed by atoms with Crippen LogP contribution in [-0.4, -0.2) is 97.4 Å². The fourth-order valence-electron chi connectivity index (χ4n) is 4.68. The lowest BCUT2D eigenvalue weighted by Crippen LogP contribution is -2.54. The Balaban J connectivity index is 1.51. The summed E-state index contributed by atoms with van der Waals surface area (Å²) < 4.78 is 0. The van der Waals surface area contributed by atoms with Crippen molar-refractivity contribution in [3.05, 3.63) is 0 Å². The summed E-state index contributed by atoms with van der Waals surface area (Å²) in [6.07, 6.45) is 4.40. The molecule has 0 aliphatic carbocycles. The molecule has 0 saturated carbocycles. The van der Waals surface area contributed by atoms with Crippen molar-refractivity contribution < 1.29 is 9.59 Å². The van der Waals surface area contributed by atoms with Crippen LogP contribution in [-0.2, 0) is 9.59 Å². The highest BCUT2D eigenvalue weighted by Crippen LogP contribution is 2.40. The van der Waals surface area contributed by atoms with E-state index in [-0.39, 0.29) is 5.41 Å². The van der Waals surface area contributed by atoms with Crippen LogP contribution in [0, 0.1) is 5.41 Å². The van der Waals surface area contributed by atoms with E-state index in [1.54, 1.807) is 0 Å². The van der Waals surface area contributed by atoms with Crippen LogP contribution in [0.1, 0.15) is 39.0 Å². The van der Waals surface area contributed by atoms with Gasteiger partial charge < -0.3 is 19.6 Å². The number of rotatable bonds is 3. The lowest BCUT2D eigenvalue weighted by Gasteiger charge is -2.47. The molecule has 0 aromatic heterocycles. The molecule has 142 valence electrons. The molecule has 6 heteroatoms. The number of carbonyl (C=O) groups is 2. The maximum absolute atomic E-state index is 12.8. The van der Waals surface area contributed by atoms with Crippen molar-refractivity contribution in [3.8, 4) is 0 Å². The van der Waals surface area contributed by atoms with Gasteiger partial charge in [0.15, 0.2) is 0 Å². The maximum atomic E-state index is 12.8. The molecule has 6 nitrogen and oxygen atoms in total. The van der Waals surface area contributed by atoms with E-state index in [2.05, 4.69) is 35.7 Å². The molecule has 3 fully saturated rings. The Bertz CT molecular complexity index is 502. The van der Waals surface area contributed by atoms with Crippen molar-refractivity contribution in [2.45, 2.75) is 45.1 Å². The molecular formula is C19H34N4O2. The summed E-state index contributed by atoms with van der Waals surface area (Å²) in [5.74, 6) is 0.609. The molecule has 1 atom stereocenters. The first-order valence-corrected chi connectivity index (χ1v) is 9.87. The first kappa shape index (κ1) is 18.6. The number of likely N-dealkylation sites (tertiary alicyclic amines) is 2. The van der Waals surface area contributed by atoms with E-state index in [4.69, 9.17) is 0 Å². The minimum atomic E-state index is 0.253. The van der Waals surface area contributed by atoms with E-state index in [1.165, 1.54) is 0 Å². The summed E-state index contributed by atoms with van der Waals surface area (Å²) in [5.41, 5.74) is 0.253. The van der Waals surface area contributed by atoms with Gasteiger partial charge in [0.05, 0.1) is 0 Å². The Hall–Kier alpha value is -1.14. The number of amides is 2. The van der Waals surface area contributed by atoms with Crippen molar-refractivity contribution >= 4 is 11.8 Å². The van der Waals surface area contributed by atoms with Gasteiger partial charge >= 0.3 is 0 Å². The topological polar surface area (TPSA) is 47.1 Å². The van der Waals surface area contributed by atoms with Crippen molar-refractivity contribution in [2.24, 2.45) is 5.41 Å². The van der Waals surface area contributed by atoms with Crippen molar-refractivity contribution in [3.63, 3.8) is 0 Å². The largest absolute Gasteiger partial charge is 0.343 e. The van der Waals surface area contributed by atoms with Gasteiger partial charge in [-0.25, -0.2) is 0 Å². The second kappa shape index (κ2) is 7.62. The average Bonchev–Trinajstić information content (AvgIpc) is 2.61. The molecule has 1 spiro atoms. The molecule has 3 rings (SSSR count). The quantitative estimate of drug-likeness (QED) is 0.758. The Kier molecular flexibility index (Phi) is 5.68. The highest BCUT2D eigenvalue weighted by atomic mass is 16.2. The second-order valence-electron chi connectivity index (χ2n) is 8.39. The molecule has 0 N–H and O–H groups in total. The average molecular weight is 351 g/mol. The monoisotopic (exact) mass is 350 g/mol. The predicted octanol–water partition coefficient (Wildman–Crippen LogP) is 0.873. The highest BCUT2D eigenvalue weighted by Gasteiger charge is 2.41. The third-order valence-corrected chi connectivity index (χ3v) is 6.70. The van der Waals surface area contributed by atoms with Crippen molar-refractivity contribution in [1.29, 1.82) is 0 Å². The lowest BCUT2D eigenvalue weighted by molar-refractivity contribution is -0.142. The Labute approximate surface area is 152 Å². The van der Waals surface area contributed by atoms with Crippen LogP contribution in [0.3, 0.4) is 0 Å². The lowest BCUT2D eigenvalue weighted by atomic mass is 9.72. The van der Waals surface area contributed by atoms with Crippen LogP contribution >= 0.6 is 0 Å². The van der Waals surface area contributed by atoms with E-state index < -0.39 is 0 Å². The summed E-state index contributed by atoms with van der Waals surface area (Å²) in [6, 6.07) is 0.338. The molecule has 0 aromatic carbocycles. The first-order valence-electron chi connectivity index (χ1n) is 9.87. The van der Waals surface area contributed by atoms with Gasteiger partial charge in [0.25, 0.3) is 0 Å². The number of hydrogen-bond acceptors (Lipinski definition) is 4. The van der Waals surface area contributed by atoms with Gasteiger partial charge in [0.1, 0.15) is 0 Å². The van der Waals surface area contributed by atoms with Crippen molar-refractivity contribution in [2.75, 3.05) is 59.9 Å². The number of likely N-dealkylation sites (N-methyl/N-ethyl adjacent to an activating group) is 2. The van der Waals surface area contributed by atoms with Crippen LogP contribution in [0.4, 0.5) is 0 Å². The zero-order chi connectivity index (χ0) is 18.0. The number of piperazine rings is 1. The number of carbonyl (C=O) groups excluding carboxylic acids is 2. The predicted molar refractivity (Wildman–Crippen MR) is 98.3 cm³/mol. The SMILES string of the molecule is CCN1CC2(CCC1=O)CCN(C(=O)C[C@@H]1CN(C)CCN1C)CC2. The third kappa shape index (κ3) is 4.17. The molecule has 0 unspecified atom stereocenters. The maximum Gasteiger partial charge on any atom is 0.224 e. The normalized spacial score (nSPS) is 28.6. The summed E-state index contributed by atoms with van der Waals surface area (Å²) >= 11 is 0. The minimum Gasteiger partial charge on any atom is -0.343 e. The standard InChI is InChI=1S/C19H34N4O2/c1-4-22-15-19(6-5-17(22)24)7-9-23(10-8-19)18(25)13-16-14-20(2)11-12-21(16)3/h16H,4-15H2,1-3H3/t16-/m1/s1. The number of piperidine rings is 2. The first-order chi connectivity index (χ1) is 11.9. The summed E-state index contributed by atoms with van der Waals surface area (Å²) in [4.78, 5) is 33.5. The molecule has 3 heterocycles. The van der Waals surface area contributed by atoms with E-state index in [0.717, 1.165) is 65.1 Å². The van der Waals surface area contributed by atoms with Gasteiger partial charge in [0, 0.05) is 64.7 Å². The molecule has 2 amide bonds. The van der Waals surface area contributed by atoms with Gasteiger partial charge in [-0.1, -0.05) is 0 Å². The van der Waals surface area contributed by atoms with Crippen molar-refractivity contribution in [1.82, 2.24) is 19.6 Å².